The Hall–Kier alpha value is 0.960. The fraction of sp³-hybridized carbons (Fsp3) is 1.00. The molecule has 9 heavy (non-hydrogen) atoms. The summed E-state index contributed by atoms with van der Waals surface area (Å²) in [6, 6.07) is 0. The molecule has 2 heteroatoms. The van der Waals surface area contributed by atoms with Gasteiger partial charge in [0.25, 0.3) is 0 Å². The predicted octanol–water partition coefficient (Wildman–Crippen LogP) is 3.34. The second kappa shape index (κ2) is 3.38. The Morgan fingerprint density at radius 1 is 1.00 bits per heavy atom. The van der Waals surface area contributed by atoms with Gasteiger partial charge in [0.2, 0.25) is 0 Å². The van der Waals surface area contributed by atoms with Crippen LogP contribution >= 0.6 is 31.9 Å². The van der Waals surface area contributed by atoms with E-state index in [1.807, 2.05) is 0 Å². The molecule has 0 atom stereocenters. The third-order valence-electron chi connectivity index (χ3n) is 2.23. The van der Waals surface area contributed by atoms with Crippen molar-refractivity contribution >= 4 is 31.9 Å². The van der Waals surface area contributed by atoms with E-state index < -0.39 is 0 Å². The summed E-state index contributed by atoms with van der Waals surface area (Å²) in [4.78, 5) is 0. The van der Waals surface area contributed by atoms with Crippen LogP contribution in [-0.4, -0.2) is 10.7 Å². The smallest absolute Gasteiger partial charge is 0.00959 e. The van der Waals surface area contributed by atoms with Gasteiger partial charge in [-0.3, -0.25) is 0 Å². The molecule has 0 aromatic carbocycles. The molecule has 0 spiro atoms. The maximum Gasteiger partial charge on any atom is 0.00959 e. The molecule has 1 fully saturated rings. The Labute approximate surface area is 73.7 Å². The lowest BCUT2D eigenvalue weighted by atomic mass is 9.92. The zero-order chi connectivity index (χ0) is 6.74. The van der Waals surface area contributed by atoms with Crippen LogP contribution in [0.1, 0.15) is 25.7 Å². The Morgan fingerprint density at radius 2 is 1.44 bits per heavy atom. The van der Waals surface area contributed by atoms with E-state index in [1.54, 1.807) is 0 Å². The van der Waals surface area contributed by atoms with Crippen LogP contribution in [0.2, 0.25) is 0 Å². The average Bonchev–Trinajstić information content (AvgIpc) is 2.36. The van der Waals surface area contributed by atoms with Crippen molar-refractivity contribution in [1.29, 1.82) is 0 Å². The molecule has 0 heterocycles. The van der Waals surface area contributed by atoms with Gasteiger partial charge in [-0.2, -0.15) is 0 Å². The molecule has 0 nitrogen and oxygen atoms in total. The number of alkyl halides is 2. The van der Waals surface area contributed by atoms with Crippen LogP contribution in [0.25, 0.3) is 0 Å². The molecule has 1 aliphatic carbocycles. The number of halogens is 2. The molecular weight excluding hydrogens is 244 g/mol. The van der Waals surface area contributed by atoms with Crippen molar-refractivity contribution in [2.75, 3.05) is 10.7 Å². The summed E-state index contributed by atoms with van der Waals surface area (Å²) in [7, 11) is 0. The third kappa shape index (κ3) is 1.70. The van der Waals surface area contributed by atoms with Crippen LogP contribution in [0.15, 0.2) is 0 Å². The van der Waals surface area contributed by atoms with Crippen molar-refractivity contribution in [3.8, 4) is 0 Å². The lowest BCUT2D eigenvalue weighted by Crippen LogP contribution is -2.19. The van der Waals surface area contributed by atoms with Crippen LogP contribution in [0.3, 0.4) is 0 Å². The van der Waals surface area contributed by atoms with E-state index in [4.69, 9.17) is 0 Å². The maximum atomic E-state index is 3.56. The molecule has 0 bridgehead atoms. The van der Waals surface area contributed by atoms with Gasteiger partial charge in [-0.15, -0.1) is 0 Å². The fourth-order valence-corrected chi connectivity index (χ4v) is 3.48. The van der Waals surface area contributed by atoms with Crippen molar-refractivity contribution in [3.05, 3.63) is 0 Å². The van der Waals surface area contributed by atoms with E-state index in [0.29, 0.717) is 5.41 Å². The Kier molecular flexibility index (Phi) is 3.03. The second-order valence-electron chi connectivity index (χ2n) is 2.97. The zero-order valence-corrected chi connectivity index (χ0v) is 8.67. The molecule has 0 aromatic rings. The SMILES string of the molecule is BrCC1(CBr)CCCC1. The fourth-order valence-electron chi connectivity index (χ4n) is 1.43. The van der Waals surface area contributed by atoms with Crippen molar-refractivity contribution in [2.24, 2.45) is 5.41 Å². The molecule has 0 saturated heterocycles. The van der Waals surface area contributed by atoms with Crippen molar-refractivity contribution in [2.45, 2.75) is 25.7 Å². The van der Waals surface area contributed by atoms with Gasteiger partial charge in [-0.25, -0.2) is 0 Å². The van der Waals surface area contributed by atoms with Crippen molar-refractivity contribution in [1.82, 2.24) is 0 Å². The van der Waals surface area contributed by atoms with E-state index in [9.17, 15) is 0 Å². The van der Waals surface area contributed by atoms with Gasteiger partial charge in [0.05, 0.1) is 0 Å². The number of rotatable bonds is 2. The first-order valence-corrected chi connectivity index (χ1v) is 5.69. The third-order valence-corrected chi connectivity index (χ3v) is 4.61. The highest BCUT2D eigenvalue weighted by Crippen LogP contribution is 2.40. The lowest BCUT2D eigenvalue weighted by Gasteiger charge is -2.22. The Morgan fingerprint density at radius 3 is 1.67 bits per heavy atom. The monoisotopic (exact) mass is 254 g/mol. The molecule has 0 aromatic heterocycles. The molecule has 0 radical (unpaired) electrons. The van der Waals surface area contributed by atoms with Gasteiger partial charge in [0.15, 0.2) is 0 Å². The summed E-state index contributed by atoms with van der Waals surface area (Å²) in [5.74, 6) is 0. The summed E-state index contributed by atoms with van der Waals surface area (Å²) in [5.41, 5.74) is 0.611. The molecular formula is C7H12Br2. The Bertz CT molecular complexity index is 78.9. The van der Waals surface area contributed by atoms with Crippen LogP contribution in [0.5, 0.6) is 0 Å². The Balaban J connectivity index is 2.45. The minimum Gasteiger partial charge on any atom is -0.0922 e. The maximum absolute atomic E-state index is 3.56. The summed E-state index contributed by atoms with van der Waals surface area (Å²) >= 11 is 7.13. The van der Waals surface area contributed by atoms with E-state index in [0.717, 1.165) is 0 Å². The predicted molar refractivity (Wildman–Crippen MR) is 48.5 cm³/mol. The van der Waals surface area contributed by atoms with Crippen LogP contribution in [0, 0.1) is 5.41 Å². The molecule has 1 rings (SSSR count). The van der Waals surface area contributed by atoms with Gasteiger partial charge in [0, 0.05) is 10.7 Å². The van der Waals surface area contributed by atoms with E-state index in [-0.39, 0.29) is 0 Å². The van der Waals surface area contributed by atoms with Crippen LogP contribution in [0.4, 0.5) is 0 Å². The van der Waals surface area contributed by atoms with Crippen LogP contribution < -0.4 is 0 Å². The molecule has 0 N–H and O–H groups in total. The first kappa shape index (κ1) is 8.06. The highest BCUT2D eigenvalue weighted by Gasteiger charge is 2.31. The van der Waals surface area contributed by atoms with Crippen molar-refractivity contribution < 1.29 is 0 Å². The lowest BCUT2D eigenvalue weighted by molar-refractivity contribution is 0.409. The van der Waals surface area contributed by atoms with Crippen LogP contribution in [-0.2, 0) is 0 Å². The number of hydrogen-bond donors (Lipinski definition) is 0. The second-order valence-corrected chi connectivity index (χ2v) is 4.10. The standard InChI is InChI=1S/C7H12Br2/c8-5-7(6-9)3-1-2-4-7/h1-6H2. The highest BCUT2D eigenvalue weighted by molar-refractivity contribution is 9.09. The summed E-state index contributed by atoms with van der Waals surface area (Å²) in [5, 5.41) is 2.34. The molecule has 54 valence electrons. The van der Waals surface area contributed by atoms with Gasteiger partial charge >= 0.3 is 0 Å². The normalized spacial score (nSPS) is 24.7. The summed E-state index contributed by atoms with van der Waals surface area (Å²) < 4.78 is 0. The molecule has 0 aliphatic heterocycles. The molecule has 1 aliphatic rings. The minimum atomic E-state index is 0.611. The quantitative estimate of drug-likeness (QED) is 0.664. The highest BCUT2D eigenvalue weighted by atomic mass is 79.9. The van der Waals surface area contributed by atoms with E-state index >= 15 is 0 Å². The minimum absolute atomic E-state index is 0.611. The van der Waals surface area contributed by atoms with Gasteiger partial charge < -0.3 is 0 Å². The first-order valence-electron chi connectivity index (χ1n) is 3.45. The summed E-state index contributed by atoms with van der Waals surface area (Å²) in [6.45, 7) is 0. The largest absolute Gasteiger partial charge is 0.0922 e. The van der Waals surface area contributed by atoms with Crippen molar-refractivity contribution in [3.63, 3.8) is 0 Å². The first-order chi connectivity index (χ1) is 4.33. The average molecular weight is 256 g/mol. The topological polar surface area (TPSA) is 0 Å². The number of hydrogen-bond acceptors (Lipinski definition) is 0. The van der Waals surface area contributed by atoms with Gasteiger partial charge in [-0.1, -0.05) is 44.7 Å². The van der Waals surface area contributed by atoms with E-state index in [1.165, 1.54) is 36.3 Å². The van der Waals surface area contributed by atoms with Gasteiger partial charge in [-0.05, 0) is 18.3 Å². The molecule has 0 unspecified atom stereocenters. The molecule has 1 saturated carbocycles. The summed E-state index contributed by atoms with van der Waals surface area (Å²) in [6.07, 6.45) is 5.67. The van der Waals surface area contributed by atoms with Gasteiger partial charge in [0.1, 0.15) is 0 Å². The molecule has 0 amide bonds. The zero-order valence-electron chi connectivity index (χ0n) is 5.50. The van der Waals surface area contributed by atoms with E-state index in [2.05, 4.69) is 31.9 Å².